The molecule has 0 bridgehead atoms. The van der Waals surface area contributed by atoms with Crippen molar-refractivity contribution in [2.75, 3.05) is 26.2 Å². The predicted octanol–water partition coefficient (Wildman–Crippen LogP) is -0.817. The predicted molar refractivity (Wildman–Crippen MR) is 82.8 cm³/mol. The fraction of sp³-hybridized carbons (Fsp3) is 0.706. The number of aromatic carboxylic acids is 1. The summed E-state index contributed by atoms with van der Waals surface area (Å²) in [5.41, 5.74) is 0.630. The van der Waals surface area contributed by atoms with E-state index in [9.17, 15) is 14.7 Å². The highest BCUT2D eigenvalue weighted by Gasteiger charge is 2.31. The van der Waals surface area contributed by atoms with E-state index in [-0.39, 0.29) is 11.7 Å². The highest BCUT2D eigenvalue weighted by molar-refractivity contribution is 5.82. The van der Waals surface area contributed by atoms with Crippen molar-refractivity contribution in [1.82, 2.24) is 10.1 Å². The summed E-state index contributed by atoms with van der Waals surface area (Å²) in [5, 5.41) is 16.9. The van der Waals surface area contributed by atoms with E-state index >= 15 is 0 Å². The van der Waals surface area contributed by atoms with Gasteiger partial charge in [-0.1, -0.05) is 5.16 Å². The van der Waals surface area contributed by atoms with Gasteiger partial charge in [0.2, 0.25) is 5.91 Å². The Morgan fingerprint density at radius 2 is 2.08 bits per heavy atom. The lowest BCUT2D eigenvalue weighted by atomic mass is 9.81. The maximum atomic E-state index is 12.6. The Morgan fingerprint density at radius 1 is 1.29 bits per heavy atom. The van der Waals surface area contributed by atoms with Gasteiger partial charge < -0.3 is 24.6 Å². The molecule has 132 valence electrons. The molecule has 0 unspecified atom stereocenters. The summed E-state index contributed by atoms with van der Waals surface area (Å²) in [6, 6.07) is 1.44. The van der Waals surface area contributed by atoms with Crippen LogP contribution in [0.4, 0.5) is 0 Å². The highest BCUT2D eigenvalue weighted by atomic mass is 16.5. The number of hydrogen-bond acceptors (Lipinski definition) is 5. The van der Waals surface area contributed by atoms with E-state index in [0.29, 0.717) is 30.4 Å². The van der Waals surface area contributed by atoms with Gasteiger partial charge in [-0.3, -0.25) is 4.79 Å². The number of carbonyl (C=O) groups is 2. The number of rotatable bonds is 5. The van der Waals surface area contributed by atoms with Gasteiger partial charge in [0.05, 0.1) is 18.8 Å². The summed E-state index contributed by atoms with van der Waals surface area (Å²) in [5.74, 6) is -0.673. The van der Waals surface area contributed by atoms with E-state index in [1.165, 1.54) is 12.5 Å². The molecule has 1 amide bonds. The molecule has 0 aliphatic carbocycles. The van der Waals surface area contributed by atoms with Crippen molar-refractivity contribution < 1.29 is 24.5 Å². The molecule has 7 heteroatoms. The van der Waals surface area contributed by atoms with Crippen LogP contribution in [-0.4, -0.2) is 48.1 Å². The van der Waals surface area contributed by atoms with Crippen molar-refractivity contribution in [2.24, 2.45) is 11.8 Å². The zero-order valence-electron chi connectivity index (χ0n) is 13.9. The fourth-order valence-corrected chi connectivity index (χ4v) is 3.88. The van der Waals surface area contributed by atoms with Crippen LogP contribution in [0.2, 0.25) is 0 Å². The van der Waals surface area contributed by atoms with Gasteiger partial charge in [0.25, 0.3) is 0 Å². The van der Waals surface area contributed by atoms with E-state index in [1.807, 2.05) is 4.90 Å². The quantitative estimate of drug-likeness (QED) is 0.757. The molecule has 2 aliphatic rings. The standard InChI is InChI=1S/C17H25N3O4/c21-16(20-6-2-1-3-7-20)9-12-4-5-18-11-13(12)8-14-10-15(17(22)23)24-19-14/h10,12-13,18H,1-9,11H2,(H,22,23)/t12-,13-/m0/s1. The van der Waals surface area contributed by atoms with Crippen LogP contribution in [0, 0.1) is 11.8 Å². The molecule has 0 radical (unpaired) electrons. The number of carbonyl (C=O) groups excluding carboxylic acids is 2. The Balaban J connectivity index is 1.59. The van der Waals surface area contributed by atoms with Crippen LogP contribution >= 0.6 is 0 Å². The summed E-state index contributed by atoms with van der Waals surface area (Å²) >= 11 is 0. The second kappa shape index (κ2) is 7.79. The number of likely N-dealkylation sites (tertiary alicyclic amines) is 1. The van der Waals surface area contributed by atoms with E-state index < -0.39 is 5.97 Å². The maximum absolute atomic E-state index is 12.6. The Bertz CT molecular complexity index is 580. The number of nitrogens with two attached hydrogens (primary N) is 1. The van der Waals surface area contributed by atoms with Crippen LogP contribution in [-0.2, 0) is 11.2 Å². The number of carboxylic acids is 1. The lowest BCUT2D eigenvalue weighted by molar-refractivity contribution is -0.672. The summed E-state index contributed by atoms with van der Waals surface area (Å²) in [7, 11) is 0. The minimum atomic E-state index is -1.35. The monoisotopic (exact) mass is 335 g/mol. The molecule has 0 saturated carbocycles. The lowest BCUT2D eigenvalue weighted by Crippen LogP contribution is -2.88. The van der Waals surface area contributed by atoms with Gasteiger partial charge in [-0.15, -0.1) is 0 Å². The third-order valence-electron chi connectivity index (χ3n) is 5.25. The first-order valence-corrected chi connectivity index (χ1v) is 8.90. The third-order valence-corrected chi connectivity index (χ3v) is 5.25. The number of nitrogens with zero attached hydrogens (tertiary/aromatic N) is 2. The van der Waals surface area contributed by atoms with Crippen molar-refractivity contribution >= 4 is 11.9 Å². The van der Waals surface area contributed by atoms with Crippen LogP contribution in [0.1, 0.15) is 48.4 Å². The summed E-state index contributed by atoms with van der Waals surface area (Å²) in [4.78, 5) is 25.3. The topological polar surface area (TPSA) is 103 Å². The zero-order chi connectivity index (χ0) is 16.9. The van der Waals surface area contributed by atoms with Gasteiger partial charge in [0.15, 0.2) is 5.76 Å². The number of quaternary nitrogens is 1. The molecule has 0 aromatic carbocycles. The Kier molecular flexibility index (Phi) is 5.50. The van der Waals surface area contributed by atoms with E-state index in [0.717, 1.165) is 45.4 Å². The van der Waals surface area contributed by atoms with Crippen LogP contribution in [0.25, 0.3) is 0 Å². The van der Waals surface area contributed by atoms with Gasteiger partial charge in [-0.2, -0.15) is 0 Å². The minimum absolute atomic E-state index is 0.231. The van der Waals surface area contributed by atoms with Gasteiger partial charge in [-0.25, -0.2) is 0 Å². The van der Waals surface area contributed by atoms with Gasteiger partial charge in [0, 0.05) is 44.3 Å². The van der Waals surface area contributed by atoms with Crippen molar-refractivity contribution in [3.63, 3.8) is 0 Å². The first kappa shape index (κ1) is 17.0. The molecule has 2 aliphatic heterocycles. The molecular formula is C17H25N3O4. The largest absolute Gasteiger partial charge is 0.541 e. The number of amides is 1. The molecule has 2 saturated heterocycles. The summed E-state index contributed by atoms with van der Waals surface area (Å²) < 4.78 is 4.78. The second-order valence-corrected chi connectivity index (χ2v) is 6.94. The van der Waals surface area contributed by atoms with E-state index in [4.69, 9.17) is 4.52 Å². The number of hydrogen-bond donors (Lipinski definition) is 1. The van der Waals surface area contributed by atoms with Crippen LogP contribution in [0.15, 0.2) is 10.6 Å². The van der Waals surface area contributed by atoms with Crippen molar-refractivity contribution in [3.05, 3.63) is 17.5 Å². The maximum Gasteiger partial charge on any atom is 0.222 e. The van der Waals surface area contributed by atoms with Crippen LogP contribution in [0.3, 0.4) is 0 Å². The van der Waals surface area contributed by atoms with Crippen molar-refractivity contribution in [2.45, 2.75) is 38.5 Å². The highest BCUT2D eigenvalue weighted by Crippen LogP contribution is 2.26. The molecule has 24 heavy (non-hydrogen) atoms. The number of piperidine rings is 2. The van der Waals surface area contributed by atoms with Gasteiger partial charge in [0.1, 0.15) is 5.97 Å². The van der Waals surface area contributed by atoms with Crippen molar-refractivity contribution in [3.8, 4) is 0 Å². The molecule has 0 spiro atoms. The number of aromatic nitrogens is 1. The fourth-order valence-electron chi connectivity index (χ4n) is 3.88. The molecule has 3 heterocycles. The van der Waals surface area contributed by atoms with Crippen LogP contribution < -0.4 is 10.4 Å². The molecule has 2 atom stereocenters. The van der Waals surface area contributed by atoms with E-state index in [1.54, 1.807) is 0 Å². The average Bonchev–Trinajstić information content (AvgIpc) is 3.06. The minimum Gasteiger partial charge on any atom is -0.541 e. The SMILES string of the molecule is O=C([O-])c1cc(C[C@H]2C[NH2+]CC[C@H]2CC(=O)N2CCCCC2)no1. The smallest absolute Gasteiger partial charge is 0.222 e. The second-order valence-electron chi connectivity index (χ2n) is 6.94. The third kappa shape index (κ3) is 4.14. The van der Waals surface area contributed by atoms with Crippen LogP contribution in [0.5, 0.6) is 0 Å². The average molecular weight is 335 g/mol. The van der Waals surface area contributed by atoms with Gasteiger partial charge in [-0.05, 0) is 25.2 Å². The van der Waals surface area contributed by atoms with Crippen molar-refractivity contribution in [1.29, 1.82) is 0 Å². The Labute approximate surface area is 141 Å². The molecule has 1 aromatic heterocycles. The molecule has 2 N–H and O–H groups in total. The zero-order valence-corrected chi connectivity index (χ0v) is 13.9. The van der Waals surface area contributed by atoms with Gasteiger partial charge >= 0.3 is 0 Å². The summed E-state index contributed by atoms with van der Waals surface area (Å²) in [6.07, 6.45) is 5.68. The molecule has 2 fully saturated rings. The first-order chi connectivity index (χ1) is 11.6. The molecular weight excluding hydrogens is 310 g/mol. The van der Waals surface area contributed by atoms with E-state index in [2.05, 4.69) is 10.5 Å². The molecule has 1 aromatic rings. The normalized spacial score (nSPS) is 24.8. The summed E-state index contributed by atoms with van der Waals surface area (Å²) in [6.45, 7) is 3.75. The lowest BCUT2D eigenvalue weighted by Gasteiger charge is -2.32. The molecule has 7 nitrogen and oxygen atoms in total. The first-order valence-electron chi connectivity index (χ1n) is 8.90. The number of carboxylic acid groups (broad SMARTS) is 1. The Hall–Kier alpha value is -1.89. The Morgan fingerprint density at radius 3 is 2.79 bits per heavy atom. The molecule has 3 rings (SSSR count).